The van der Waals surface area contributed by atoms with Gasteiger partial charge in [-0.05, 0) is 17.5 Å². The first-order valence-corrected chi connectivity index (χ1v) is 7.18. The molecule has 3 heterocycles. The van der Waals surface area contributed by atoms with Crippen molar-refractivity contribution in [2.45, 2.75) is 12.1 Å². The Morgan fingerprint density at radius 1 is 1.52 bits per heavy atom. The van der Waals surface area contributed by atoms with E-state index in [0.717, 1.165) is 4.88 Å². The summed E-state index contributed by atoms with van der Waals surface area (Å²) in [5.74, 6) is -1.99. The Hall–Kier alpha value is -2.22. The Labute approximate surface area is 123 Å². The number of nitrogens with one attached hydrogen (secondary N) is 1. The van der Waals surface area contributed by atoms with Gasteiger partial charge in [-0.15, -0.1) is 11.3 Å². The first-order valence-electron chi connectivity index (χ1n) is 6.30. The lowest BCUT2D eigenvalue weighted by Gasteiger charge is -2.16. The number of alkyl halides is 1. The van der Waals surface area contributed by atoms with E-state index in [0.29, 0.717) is 5.69 Å². The zero-order chi connectivity index (χ0) is 15.0. The van der Waals surface area contributed by atoms with E-state index in [1.54, 1.807) is 6.07 Å². The summed E-state index contributed by atoms with van der Waals surface area (Å²) < 4.78 is 14.0. The van der Waals surface area contributed by atoms with Gasteiger partial charge in [0, 0.05) is 13.0 Å². The Balaban J connectivity index is 1.76. The summed E-state index contributed by atoms with van der Waals surface area (Å²) in [6, 6.07) is 5.36. The minimum atomic E-state index is -2.36. The Kier molecular flexibility index (Phi) is 3.25. The van der Waals surface area contributed by atoms with E-state index in [1.165, 1.54) is 16.2 Å². The fraction of sp³-hybridized carbons (Fsp3) is 0.308. The second kappa shape index (κ2) is 4.96. The summed E-state index contributed by atoms with van der Waals surface area (Å²) >= 11 is 1.50. The van der Waals surface area contributed by atoms with E-state index < -0.39 is 24.1 Å². The number of carbonyl (C=O) groups is 2. The lowest BCUT2D eigenvalue weighted by atomic mass is 10.1. The fourth-order valence-corrected chi connectivity index (χ4v) is 2.96. The van der Waals surface area contributed by atoms with Gasteiger partial charge in [0.1, 0.15) is 0 Å². The summed E-state index contributed by atoms with van der Waals surface area (Å²) in [4.78, 5) is 25.2. The van der Waals surface area contributed by atoms with E-state index in [9.17, 15) is 14.0 Å². The molecule has 8 heteroatoms. The van der Waals surface area contributed by atoms with Crippen LogP contribution in [0, 0.1) is 0 Å². The molecule has 110 valence electrons. The van der Waals surface area contributed by atoms with Gasteiger partial charge in [-0.3, -0.25) is 9.89 Å². The highest BCUT2D eigenvalue weighted by molar-refractivity contribution is 7.13. The number of hydrogen-bond donors (Lipinski definition) is 2. The number of carboxylic acid groups (broad SMARTS) is 1. The third-order valence-corrected chi connectivity index (χ3v) is 4.38. The van der Waals surface area contributed by atoms with Crippen molar-refractivity contribution >= 4 is 23.2 Å². The van der Waals surface area contributed by atoms with Crippen LogP contribution < -0.4 is 0 Å². The molecular formula is C13H12FN3O3S. The molecule has 2 aromatic heterocycles. The van der Waals surface area contributed by atoms with Crippen molar-refractivity contribution in [3.05, 3.63) is 29.3 Å². The van der Waals surface area contributed by atoms with Crippen LogP contribution >= 0.6 is 11.3 Å². The summed E-state index contributed by atoms with van der Waals surface area (Å²) in [7, 11) is 0. The molecule has 1 atom stereocenters. The number of aromatic nitrogens is 2. The average molecular weight is 309 g/mol. The highest BCUT2D eigenvalue weighted by atomic mass is 32.1. The summed E-state index contributed by atoms with van der Waals surface area (Å²) in [6.45, 7) is -0.370. The molecule has 1 aliphatic heterocycles. The molecule has 1 saturated heterocycles. The number of aromatic amines is 1. The second-order valence-corrected chi connectivity index (χ2v) is 5.84. The molecule has 0 spiro atoms. The van der Waals surface area contributed by atoms with E-state index in [2.05, 4.69) is 10.2 Å². The molecule has 0 aliphatic carbocycles. The highest BCUT2D eigenvalue weighted by Gasteiger charge is 2.47. The molecule has 6 nitrogen and oxygen atoms in total. The number of H-pyrrole nitrogens is 1. The number of rotatable bonds is 3. The van der Waals surface area contributed by atoms with Crippen LogP contribution in [0.25, 0.3) is 10.6 Å². The largest absolute Gasteiger partial charge is 0.479 e. The van der Waals surface area contributed by atoms with Gasteiger partial charge in [0.25, 0.3) is 5.91 Å². The molecule has 1 amide bonds. The number of nitrogens with zero attached hydrogens (tertiary/aromatic N) is 2. The third-order valence-electron chi connectivity index (χ3n) is 3.47. The van der Waals surface area contributed by atoms with Gasteiger partial charge in [0.05, 0.1) is 17.1 Å². The monoisotopic (exact) mass is 309 g/mol. The highest BCUT2D eigenvalue weighted by Crippen LogP contribution is 2.28. The van der Waals surface area contributed by atoms with Crippen molar-refractivity contribution in [3.8, 4) is 10.6 Å². The van der Waals surface area contributed by atoms with Crippen molar-refractivity contribution in [2.75, 3.05) is 13.1 Å². The molecule has 21 heavy (non-hydrogen) atoms. The average Bonchev–Trinajstić information content (AvgIpc) is 3.18. The van der Waals surface area contributed by atoms with Crippen LogP contribution in [0.4, 0.5) is 4.39 Å². The molecule has 1 aliphatic rings. The zero-order valence-electron chi connectivity index (χ0n) is 10.9. The van der Waals surface area contributed by atoms with Gasteiger partial charge >= 0.3 is 5.97 Å². The first kappa shape index (κ1) is 13.7. The van der Waals surface area contributed by atoms with Crippen LogP contribution in [0.3, 0.4) is 0 Å². The maximum Gasteiger partial charge on any atom is 0.343 e. The number of hydrogen-bond acceptors (Lipinski definition) is 4. The predicted octanol–water partition coefficient (Wildman–Crippen LogP) is 1.78. The van der Waals surface area contributed by atoms with Crippen molar-refractivity contribution in [2.24, 2.45) is 0 Å². The lowest BCUT2D eigenvalue weighted by Crippen LogP contribution is -2.39. The van der Waals surface area contributed by atoms with Crippen molar-refractivity contribution < 1.29 is 19.1 Å². The minimum absolute atomic E-state index is 0.0723. The van der Waals surface area contributed by atoms with Crippen LogP contribution in [-0.4, -0.2) is 50.8 Å². The molecule has 2 aromatic rings. The number of carboxylic acids is 1. The molecule has 1 fully saturated rings. The number of thiophene rings is 1. The minimum Gasteiger partial charge on any atom is -0.479 e. The standard InChI is InChI=1S/C13H12FN3O3S/c14-13(12(19)20)3-4-17(7-13)11(18)9-6-8(15-16-9)10-2-1-5-21-10/h1-2,5-6H,3-4,7H2,(H,15,16)(H,19,20). The Morgan fingerprint density at radius 2 is 2.33 bits per heavy atom. The molecule has 3 rings (SSSR count). The zero-order valence-corrected chi connectivity index (χ0v) is 11.7. The third kappa shape index (κ3) is 2.42. The topological polar surface area (TPSA) is 86.3 Å². The quantitative estimate of drug-likeness (QED) is 0.905. The van der Waals surface area contributed by atoms with Crippen LogP contribution in [0.15, 0.2) is 23.6 Å². The molecule has 0 bridgehead atoms. The van der Waals surface area contributed by atoms with E-state index in [-0.39, 0.29) is 18.7 Å². The van der Waals surface area contributed by atoms with Gasteiger partial charge in [-0.1, -0.05) is 6.07 Å². The number of carbonyl (C=O) groups excluding carboxylic acids is 1. The number of halogens is 1. The van der Waals surface area contributed by atoms with E-state index in [4.69, 9.17) is 5.11 Å². The van der Waals surface area contributed by atoms with Crippen LogP contribution in [-0.2, 0) is 4.79 Å². The Morgan fingerprint density at radius 3 is 2.95 bits per heavy atom. The van der Waals surface area contributed by atoms with Crippen molar-refractivity contribution in [1.29, 1.82) is 0 Å². The number of aliphatic carboxylic acids is 1. The molecule has 0 aromatic carbocycles. The molecule has 1 unspecified atom stereocenters. The van der Waals surface area contributed by atoms with Gasteiger partial charge in [-0.25, -0.2) is 9.18 Å². The van der Waals surface area contributed by atoms with E-state index in [1.807, 2.05) is 17.5 Å². The molecular weight excluding hydrogens is 297 g/mol. The lowest BCUT2D eigenvalue weighted by molar-refractivity contribution is -0.149. The summed E-state index contributed by atoms with van der Waals surface area (Å²) in [5.41, 5.74) is -1.49. The van der Waals surface area contributed by atoms with Crippen LogP contribution in [0.5, 0.6) is 0 Å². The molecule has 0 saturated carbocycles. The van der Waals surface area contributed by atoms with Gasteiger partial charge in [-0.2, -0.15) is 5.10 Å². The Bertz CT molecular complexity index is 685. The maximum atomic E-state index is 14.0. The predicted molar refractivity (Wildman–Crippen MR) is 73.9 cm³/mol. The molecule has 0 radical (unpaired) electrons. The van der Waals surface area contributed by atoms with Crippen molar-refractivity contribution in [1.82, 2.24) is 15.1 Å². The van der Waals surface area contributed by atoms with Crippen LogP contribution in [0.2, 0.25) is 0 Å². The first-order chi connectivity index (χ1) is 9.99. The van der Waals surface area contributed by atoms with E-state index >= 15 is 0 Å². The fourth-order valence-electron chi connectivity index (χ4n) is 2.27. The SMILES string of the molecule is O=C(c1cc(-c2cccs2)[nH]n1)N1CCC(F)(C(=O)O)C1. The van der Waals surface area contributed by atoms with Crippen molar-refractivity contribution in [3.63, 3.8) is 0 Å². The molecule has 2 N–H and O–H groups in total. The summed E-state index contributed by atoms with van der Waals surface area (Å²) in [6.07, 6.45) is -0.198. The maximum absolute atomic E-state index is 14.0. The van der Waals surface area contributed by atoms with Crippen LogP contribution in [0.1, 0.15) is 16.9 Å². The van der Waals surface area contributed by atoms with Gasteiger partial charge in [0.2, 0.25) is 5.67 Å². The summed E-state index contributed by atoms with van der Waals surface area (Å²) in [5, 5.41) is 17.4. The number of amides is 1. The van der Waals surface area contributed by atoms with Gasteiger partial charge in [0.15, 0.2) is 5.69 Å². The van der Waals surface area contributed by atoms with Gasteiger partial charge < -0.3 is 10.0 Å². The normalized spacial score (nSPS) is 21.7. The second-order valence-electron chi connectivity index (χ2n) is 4.89. The smallest absolute Gasteiger partial charge is 0.343 e. The number of likely N-dealkylation sites (tertiary alicyclic amines) is 1.